The van der Waals surface area contributed by atoms with Crippen LogP contribution in [0.15, 0.2) is 18.3 Å². The lowest BCUT2D eigenvalue weighted by Gasteiger charge is -2.21. The second kappa shape index (κ2) is 6.50. The number of amides is 1. The van der Waals surface area contributed by atoms with Crippen molar-refractivity contribution >= 4 is 11.7 Å². The van der Waals surface area contributed by atoms with E-state index in [0.717, 1.165) is 38.0 Å². The zero-order valence-electron chi connectivity index (χ0n) is 10.8. The molecule has 4 nitrogen and oxygen atoms in total. The van der Waals surface area contributed by atoms with E-state index in [9.17, 15) is 4.79 Å². The summed E-state index contributed by atoms with van der Waals surface area (Å²) in [7, 11) is 0. The van der Waals surface area contributed by atoms with Crippen LogP contribution < -0.4 is 5.32 Å². The van der Waals surface area contributed by atoms with Crippen molar-refractivity contribution in [1.29, 1.82) is 0 Å². The summed E-state index contributed by atoms with van der Waals surface area (Å²) < 4.78 is 5.30. The molecule has 1 N–H and O–H groups in total. The standard InChI is InChI=1S/C14H20N2O2/c1-11-4-7-15-13(10-11)16-14(17)3-2-12-5-8-18-9-6-12/h4,7,10,12H,2-3,5-6,8-9H2,1H3,(H,15,16,17). The third kappa shape index (κ3) is 4.11. The molecule has 1 aliphatic heterocycles. The highest BCUT2D eigenvalue weighted by molar-refractivity contribution is 5.89. The van der Waals surface area contributed by atoms with Crippen molar-refractivity contribution in [3.05, 3.63) is 23.9 Å². The maximum absolute atomic E-state index is 11.8. The highest BCUT2D eigenvalue weighted by atomic mass is 16.5. The minimum Gasteiger partial charge on any atom is -0.381 e. The van der Waals surface area contributed by atoms with Crippen LogP contribution in [0.4, 0.5) is 5.82 Å². The predicted molar refractivity (Wildman–Crippen MR) is 70.4 cm³/mol. The SMILES string of the molecule is Cc1ccnc(NC(=O)CCC2CCOCC2)c1. The molecule has 98 valence electrons. The summed E-state index contributed by atoms with van der Waals surface area (Å²) in [5, 5.41) is 2.84. The molecule has 0 atom stereocenters. The third-order valence-corrected chi connectivity index (χ3v) is 3.30. The molecule has 1 aromatic rings. The molecule has 0 aliphatic carbocycles. The van der Waals surface area contributed by atoms with Crippen LogP contribution in [0.25, 0.3) is 0 Å². The molecule has 1 saturated heterocycles. The van der Waals surface area contributed by atoms with E-state index >= 15 is 0 Å². The summed E-state index contributed by atoms with van der Waals surface area (Å²) >= 11 is 0. The fourth-order valence-corrected chi connectivity index (χ4v) is 2.18. The Morgan fingerprint density at radius 1 is 1.50 bits per heavy atom. The molecule has 0 bridgehead atoms. The van der Waals surface area contributed by atoms with Crippen LogP contribution in [0.5, 0.6) is 0 Å². The molecule has 0 unspecified atom stereocenters. The summed E-state index contributed by atoms with van der Waals surface area (Å²) in [4.78, 5) is 15.9. The summed E-state index contributed by atoms with van der Waals surface area (Å²) in [6.07, 6.45) is 5.39. The average Bonchev–Trinajstić information content (AvgIpc) is 2.38. The fraction of sp³-hybridized carbons (Fsp3) is 0.571. The second-order valence-electron chi connectivity index (χ2n) is 4.86. The third-order valence-electron chi connectivity index (χ3n) is 3.30. The number of pyridine rings is 1. The molecule has 0 aromatic carbocycles. The molecule has 0 saturated carbocycles. The van der Waals surface area contributed by atoms with Crippen molar-refractivity contribution in [3.8, 4) is 0 Å². The molecular formula is C14H20N2O2. The van der Waals surface area contributed by atoms with E-state index in [1.165, 1.54) is 0 Å². The maximum Gasteiger partial charge on any atom is 0.225 e. The van der Waals surface area contributed by atoms with Crippen molar-refractivity contribution in [3.63, 3.8) is 0 Å². The number of hydrogen-bond donors (Lipinski definition) is 1. The van der Waals surface area contributed by atoms with E-state index in [1.807, 2.05) is 19.1 Å². The molecule has 0 radical (unpaired) electrons. The Labute approximate surface area is 108 Å². The molecule has 1 aliphatic rings. The van der Waals surface area contributed by atoms with Gasteiger partial charge in [-0.1, -0.05) is 0 Å². The van der Waals surface area contributed by atoms with Crippen LogP contribution in [0.1, 0.15) is 31.2 Å². The van der Waals surface area contributed by atoms with Gasteiger partial charge in [-0.2, -0.15) is 0 Å². The van der Waals surface area contributed by atoms with Gasteiger partial charge in [0.25, 0.3) is 0 Å². The van der Waals surface area contributed by atoms with Gasteiger partial charge in [0.2, 0.25) is 5.91 Å². The predicted octanol–water partition coefficient (Wildman–Crippen LogP) is 2.54. The summed E-state index contributed by atoms with van der Waals surface area (Å²) in [5.74, 6) is 1.33. The van der Waals surface area contributed by atoms with Crippen LogP contribution in [-0.2, 0) is 9.53 Å². The Morgan fingerprint density at radius 2 is 2.28 bits per heavy atom. The van der Waals surface area contributed by atoms with E-state index in [1.54, 1.807) is 6.20 Å². The molecule has 2 rings (SSSR count). The van der Waals surface area contributed by atoms with Gasteiger partial charge in [-0.3, -0.25) is 4.79 Å². The Balaban J connectivity index is 1.74. The van der Waals surface area contributed by atoms with Crippen LogP contribution in [0.2, 0.25) is 0 Å². The molecule has 2 heterocycles. The zero-order valence-corrected chi connectivity index (χ0v) is 10.8. The average molecular weight is 248 g/mol. The van der Waals surface area contributed by atoms with Gasteiger partial charge < -0.3 is 10.1 Å². The van der Waals surface area contributed by atoms with Gasteiger partial charge in [0, 0.05) is 25.8 Å². The molecule has 18 heavy (non-hydrogen) atoms. The number of carbonyl (C=O) groups excluding carboxylic acids is 1. The lowest BCUT2D eigenvalue weighted by Crippen LogP contribution is -2.19. The maximum atomic E-state index is 11.8. The van der Waals surface area contributed by atoms with Gasteiger partial charge in [0.15, 0.2) is 0 Å². The van der Waals surface area contributed by atoms with Crippen molar-refractivity contribution in [2.24, 2.45) is 5.92 Å². The first-order valence-electron chi connectivity index (χ1n) is 6.54. The highest BCUT2D eigenvalue weighted by Crippen LogP contribution is 2.20. The van der Waals surface area contributed by atoms with Crippen molar-refractivity contribution in [2.45, 2.75) is 32.6 Å². The second-order valence-corrected chi connectivity index (χ2v) is 4.86. The van der Waals surface area contributed by atoms with Crippen LogP contribution in [-0.4, -0.2) is 24.1 Å². The van der Waals surface area contributed by atoms with E-state index in [2.05, 4.69) is 10.3 Å². The smallest absolute Gasteiger partial charge is 0.225 e. The number of rotatable bonds is 4. The van der Waals surface area contributed by atoms with Gasteiger partial charge in [0.1, 0.15) is 5.82 Å². The van der Waals surface area contributed by atoms with Gasteiger partial charge in [0.05, 0.1) is 0 Å². The molecule has 0 spiro atoms. The number of nitrogens with one attached hydrogen (secondary N) is 1. The Kier molecular flexibility index (Phi) is 4.70. The topological polar surface area (TPSA) is 51.2 Å². The number of carbonyl (C=O) groups is 1. The largest absolute Gasteiger partial charge is 0.381 e. The first-order chi connectivity index (χ1) is 8.74. The molecule has 1 aromatic heterocycles. The van der Waals surface area contributed by atoms with E-state index < -0.39 is 0 Å². The van der Waals surface area contributed by atoms with Crippen LogP contribution >= 0.6 is 0 Å². The molecular weight excluding hydrogens is 228 g/mol. The number of aryl methyl sites for hydroxylation is 1. The summed E-state index contributed by atoms with van der Waals surface area (Å²) in [5.41, 5.74) is 1.10. The van der Waals surface area contributed by atoms with E-state index in [-0.39, 0.29) is 5.91 Å². The highest BCUT2D eigenvalue weighted by Gasteiger charge is 2.15. The minimum absolute atomic E-state index is 0.0552. The Hall–Kier alpha value is -1.42. The van der Waals surface area contributed by atoms with Gasteiger partial charge in [-0.15, -0.1) is 0 Å². The summed E-state index contributed by atoms with van der Waals surface area (Å²) in [6, 6.07) is 3.80. The van der Waals surface area contributed by atoms with E-state index in [0.29, 0.717) is 18.2 Å². The monoisotopic (exact) mass is 248 g/mol. The number of anilines is 1. The zero-order chi connectivity index (χ0) is 12.8. The van der Waals surface area contributed by atoms with Crippen LogP contribution in [0, 0.1) is 12.8 Å². The van der Waals surface area contributed by atoms with Crippen LogP contribution in [0.3, 0.4) is 0 Å². The number of hydrogen-bond acceptors (Lipinski definition) is 3. The number of aromatic nitrogens is 1. The van der Waals surface area contributed by atoms with Gasteiger partial charge >= 0.3 is 0 Å². The lowest BCUT2D eigenvalue weighted by molar-refractivity contribution is -0.116. The number of nitrogens with zero attached hydrogens (tertiary/aromatic N) is 1. The van der Waals surface area contributed by atoms with Crippen molar-refractivity contribution < 1.29 is 9.53 Å². The van der Waals surface area contributed by atoms with E-state index in [4.69, 9.17) is 4.74 Å². The van der Waals surface area contributed by atoms with Gasteiger partial charge in [-0.05, 0) is 49.8 Å². The summed E-state index contributed by atoms with van der Waals surface area (Å²) in [6.45, 7) is 3.66. The molecule has 1 fully saturated rings. The number of ether oxygens (including phenoxy) is 1. The van der Waals surface area contributed by atoms with Crippen molar-refractivity contribution in [1.82, 2.24) is 4.98 Å². The molecule has 4 heteroatoms. The van der Waals surface area contributed by atoms with Gasteiger partial charge in [-0.25, -0.2) is 4.98 Å². The quantitative estimate of drug-likeness (QED) is 0.890. The fourth-order valence-electron chi connectivity index (χ4n) is 2.18. The minimum atomic E-state index is 0.0552. The Morgan fingerprint density at radius 3 is 3.00 bits per heavy atom. The first kappa shape index (κ1) is 13.0. The lowest BCUT2D eigenvalue weighted by atomic mass is 9.95. The normalized spacial score (nSPS) is 16.5. The molecule has 1 amide bonds. The first-order valence-corrected chi connectivity index (χ1v) is 6.54. The van der Waals surface area contributed by atoms with Crippen molar-refractivity contribution in [2.75, 3.05) is 18.5 Å². The Bertz CT molecular complexity index is 401.